The molecule has 1 saturated heterocycles. The summed E-state index contributed by atoms with van der Waals surface area (Å²) in [6, 6.07) is 3.99. The summed E-state index contributed by atoms with van der Waals surface area (Å²) >= 11 is 0. The van der Waals surface area contributed by atoms with E-state index < -0.39 is 0 Å². The molecule has 2 aromatic rings. The highest BCUT2D eigenvalue weighted by molar-refractivity contribution is 5.13. The number of aromatic amines is 1. The Balaban J connectivity index is 1.62. The molecule has 0 unspecified atom stereocenters. The lowest BCUT2D eigenvalue weighted by atomic mass is 10.3. The highest BCUT2D eigenvalue weighted by Gasteiger charge is 2.16. The molecule has 0 atom stereocenters. The van der Waals surface area contributed by atoms with Crippen LogP contribution < -0.4 is 0 Å². The van der Waals surface area contributed by atoms with E-state index in [2.05, 4.69) is 28.6 Å². The van der Waals surface area contributed by atoms with Crippen molar-refractivity contribution in [3.63, 3.8) is 0 Å². The van der Waals surface area contributed by atoms with E-state index in [4.69, 9.17) is 14.1 Å². The molecule has 1 fully saturated rings. The lowest BCUT2D eigenvalue weighted by Crippen LogP contribution is -2.41. The molecule has 6 nitrogen and oxygen atoms in total. The van der Waals surface area contributed by atoms with Crippen LogP contribution >= 0.6 is 0 Å². The number of morpholine rings is 1. The van der Waals surface area contributed by atoms with Crippen molar-refractivity contribution in [3.8, 4) is 0 Å². The first-order chi connectivity index (χ1) is 11.7. The Kier molecular flexibility index (Phi) is 6.07. The fourth-order valence-electron chi connectivity index (χ4n) is 3.04. The van der Waals surface area contributed by atoms with Crippen molar-refractivity contribution in [1.82, 2.24) is 19.8 Å². The minimum absolute atomic E-state index is 0.811. The Morgan fingerprint density at radius 3 is 2.79 bits per heavy atom. The van der Waals surface area contributed by atoms with Gasteiger partial charge in [-0.1, -0.05) is 6.92 Å². The Morgan fingerprint density at radius 1 is 1.29 bits per heavy atom. The molecule has 0 spiro atoms. The molecular formula is C18H28N4O2. The minimum atomic E-state index is 0.811. The van der Waals surface area contributed by atoms with Crippen LogP contribution in [0.15, 0.2) is 22.8 Å². The number of ether oxygens (including phenoxy) is 1. The summed E-state index contributed by atoms with van der Waals surface area (Å²) in [5, 5.41) is 0. The van der Waals surface area contributed by atoms with Crippen LogP contribution in [0.25, 0.3) is 0 Å². The average Bonchev–Trinajstić information content (AvgIpc) is 3.23. The number of rotatable bonds is 8. The van der Waals surface area contributed by atoms with Crippen molar-refractivity contribution in [2.24, 2.45) is 0 Å². The maximum Gasteiger partial charge on any atom is 0.117 e. The summed E-state index contributed by atoms with van der Waals surface area (Å²) in [5.41, 5.74) is 2.31. The van der Waals surface area contributed by atoms with Gasteiger partial charge in [-0.2, -0.15) is 0 Å². The quantitative estimate of drug-likeness (QED) is 0.803. The molecule has 3 rings (SSSR count). The summed E-state index contributed by atoms with van der Waals surface area (Å²) in [6.45, 7) is 11.7. The van der Waals surface area contributed by atoms with Crippen molar-refractivity contribution in [1.29, 1.82) is 0 Å². The third-order valence-corrected chi connectivity index (χ3v) is 4.54. The van der Waals surface area contributed by atoms with Gasteiger partial charge in [-0.05, 0) is 19.1 Å². The third-order valence-electron chi connectivity index (χ3n) is 4.54. The molecule has 0 amide bonds. The van der Waals surface area contributed by atoms with Crippen LogP contribution in [0.2, 0.25) is 0 Å². The van der Waals surface area contributed by atoms with Gasteiger partial charge in [0, 0.05) is 44.8 Å². The van der Waals surface area contributed by atoms with Crippen LogP contribution in [0.5, 0.6) is 0 Å². The van der Waals surface area contributed by atoms with Crippen LogP contribution in [0.1, 0.15) is 29.9 Å². The maximum absolute atomic E-state index is 5.55. The van der Waals surface area contributed by atoms with Gasteiger partial charge in [-0.25, -0.2) is 4.98 Å². The second-order valence-corrected chi connectivity index (χ2v) is 6.35. The van der Waals surface area contributed by atoms with Crippen molar-refractivity contribution < 1.29 is 9.15 Å². The van der Waals surface area contributed by atoms with Gasteiger partial charge in [-0.3, -0.25) is 9.80 Å². The Hall–Kier alpha value is -1.63. The molecule has 0 aliphatic carbocycles. The lowest BCUT2D eigenvalue weighted by Gasteiger charge is -2.29. The molecule has 0 saturated carbocycles. The van der Waals surface area contributed by atoms with Gasteiger partial charge in [0.05, 0.1) is 31.7 Å². The number of nitrogens with one attached hydrogen (secondary N) is 1. The fraction of sp³-hybridized carbons (Fsp3) is 0.611. The lowest BCUT2D eigenvalue weighted by molar-refractivity contribution is 0.0320. The van der Waals surface area contributed by atoms with Crippen LogP contribution in [-0.2, 0) is 24.2 Å². The van der Waals surface area contributed by atoms with E-state index >= 15 is 0 Å². The van der Waals surface area contributed by atoms with Crippen molar-refractivity contribution >= 4 is 0 Å². The van der Waals surface area contributed by atoms with Crippen LogP contribution in [-0.4, -0.2) is 59.2 Å². The predicted molar refractivity (Wildman–Crippen MR) is 92.8 cm³/mol. The molecule has 1 aliphatic rings. The molecule has 132 valence electrons. The molecule has 24 heavy (non-hydrogen) atoms. The number of imidazole rings is 1. The molecular weight excluding hydrogens is 304 g/mol. The third kappa shape index (κ3) is 4.69. The standard InChI is InChI=1S/C18H28N4O2/c1-3-18-19-15(2)17(20-18)14-22(13-16-5-4-10-24-16)7-6-21-8-11-23-12-9-21/h4-5,10H,3,6-9,11-14H2,1-2H3,(H,19,20). The van der Waals surface area contributed by atoms with Gasteiger partial charge in [0.25, 0.3) is 0 Å². The van der Waals surface area contributed by atoms with Crippen molar-refractivity contribution in [2.45, 2.75) is 33.4 Å². The van der Waals surface area contributed by atoms with Gasteiger partial charge < -0.3 is 14.1 Å². The number of nitrogens with zero attached hydrogens (tertiary/aromatic N) is 3. The first kappa shape index (κ1) is 17.2. The molecule has 6 heteroatoms. The van der Waals surface area contributed by atoms with E-state index in [1.165, 1.54) is 5.69 Å². The summed E-state index contributed by atoms with van der Waals surface area (Å²) in [6.07, 6.45) is 2.68. The van der Waals surface area contributed by atoms with Gasteiger partial charge in [-0.15, -0.1) is 0 Å². The SMILES string of the molecule is CCc1nc(CN(CCN2CCOCC2)Cc2ccco2)c(C)[nH]1. The topological polar surface area (TPSA) is 57.5 Å². The Bertz CT molecular complexity index is 603. The largest absolute Gasteiger partial charge is 0.468 e. The van der Waals surface area contributed by atoms with E-state index in [-0.39, 0.29) is 0 Å². The highest BCUT2D eigenvalue weighted by Crippen LogP contribution is 2.13. The molecule has 3 heterocycles. The average molecular weight is 332 g/mol. The first-order valence-corrected chi connectivity index (χ1v) is 8.83. The fourth-order valence-corrected chi connectivity index (χ4v) is 3.04. The number of hydrogen-bond acceptors (Lipinski definition) is 5. The van der Waals surface area contributed by atoms with Crippen LogP contribution in [0, 0.1) is 6.92 Å². The van der Waals surface area contributed by atoms with E-state index in [9.17, 15) is 0 Å². The van der Waals surface area contributed by atoms with E-state index in [1.807, 2.05) is 12.1 Å². The zero-order valence-corrected chi connectivity index (χ0v) is 14.8. The van der Waals surface area contributed by atoms with E-state index in [1.54, 1.807) is 6.26 Å². The monoisotopic (exact) mass is 332 g/mol. The summed E-state index contributed by atoms with van der Waals surface area (Å²) in [5.74, 6) is 2.06. The molecule has 0 radical (unpaired) electrons. The second-order valence-electron chi connectivity index (χ2n) is 6.35. The van der Waals surface area contributed by atoms with E-state index in [0.717, 1.165) is 76.2 Å². The Labute approximate surface area is 143 Å². The molecule has 2 aromatic heterocycles. The zero-order chi connectivity index (χ0) is 16.8. The number of H-pyrrole nitrogens is 1. The van der Waals surface area contributed by atoms with E-state index in [0.29, 0.717) is 0 Å². The van der Waals surface area contributed by atoms with Gasteiger partial charge in [0.15, 0.2) is 0 Å². The zero-order valence-electron chi connectivity index (χ0n) is 14.8. The van der Waals surface area contributed by atoms with Gasteiger partial charge in [0.2, 0.25) is 0 Å². The maximum atomic E-state index is 5.55. The number of furan rings is 1. The van der Waals surface area contributed by atoms with Gasteiger partial charge in [0.1, 0.15) is 11.6 Å². The predicted octanol–water partition coefficient (Wildman–Crippen LogP) is 2.21. The molecule has 1 N–H and O–H groups in total. The number of aryl methyl sites for hydroxylation is 2. The van der Waals surface area contributed by atoms with Crippen molar-refractivity contribution in [3.05, 3.63) is 41.4 Å². The normalized spacial score (nSPS) is 16.1. The second kappa shape index (κ2) is 8.46. The van der Waals surface area contributed by atoms with Crippen LogP contribution in [0.3, 0.4) is 0 Å². The smallest absolute Gasteiger partial charge is 0.117 e. The molecule has 0 bridgehead atoms. The molecule has 0 aromatic carbocycles. The van der Waals surface area contributed by atoms with Crippen LogP contribution in [0.4, 0.5) is 0 Å². The number of hydrogen-bond donors (Lipinski definition) is 1. The first-order valence-electron chi connectivity index (χ1n) is 8.83. The minimum Gasteiger partial charge on any atom is -0.468 e. The Morgan fingerprint density at radius 2 is 2.12 bits per heavy atom. The van der Waals surface area contributed by atoms with Gasteiger partial charge >= 0.3 is 0 Å². The number of aromatic nitrogens is 2. The van der Waals surface area contributed by atoms with Crippen molar-refractivity contribution in [2.75, 3.05) is 39.4 Å². The summed E-state index contributed by atoms with van der Waals surface area (Å²) in [7, 11) is 0. The summed E-state index contributed by atoms with van der Waals surface area (Å²) in [4.78, 5) is 13.0. The molecule has 1 aliphatic heterocycles. The summed E-state index contributed by atoms with van der Waals surface area (Å²) < 4.78 is 11.0. The highest BCUT2D eigenvalue weighted by atomic mass is 16.5.